The van der Waals surface area contributed by atoms with Crippen LogP contribution in [0.25, 0.3) is 0 Å². The molecule has 0 atom stereocenters. The van der Waals surface area contributed by atoms with Gasteiger partial charge < -0.3 is 10.1 Å². The number of carbonyl (C=O) groups is 1. The van der Waals surface area contributed by atoms with E-state index < -0.39 is 0 Å². The molecule has 0 aliphatic heterocycles. The molecule has 1 aliphatic carbocycles. The van der Waals surface area contributed by atoms with Crippen molar-refractivity contribution in [3.05, 3.63) is 52.8 Å². The Labute approximate surface area is 146 Å². The van der Waals surface area contributed by atoms with Crippen molar-refractivity contribution in [2.45, 2.75) is 25.4 Å². The average Bonchev–Trinajstić information content (AvgIpc) is 3.46. The van der Waals surface area contributed by atoms with Gasteiger partial charge in [0.1, 0.15) is 6.61 Å². The molecule has 128 valence electrons. The standard InChI is InChI=1S/C16H17ClN2O.CH4N2O/c1-18-14-5-2-4-12(11-7-8-11)13(14)10-20-15-6-3-9-19-16(15)17;2-3-1-4/h2-6,9,11,18H,7-8,10H2,1H3;1H,2H2,(H,3,4). The van der Waals surface area contributed by atoms with Crippen LogP contribution < -0.4 is 21.3 Å². The number of carbonyl (C=O) groups excluding carboxylic acids is 1. The molecular weight excluding hydrogens is 328 g/mol. The number of ether oxygens (including phenoxy) is 1. The lowest BCUT2D eigenvalue weighted by Gasteiger charge is -2.15. The minimum Gasteiger partial charge on any atom is -0.486 e. The Bertz CT molecular complexity index is 677. The van der Waals surface area contributed by atoms with Gasteiger partial charge in [0.25, 0.3) is 0 Å². The van der Waals surface area contributed by atoms with E-state index in [1.165, 1.54) is 24.0 Å². The van der Waals surface area contributed by atoms with Gasteiger partial charge in [-0.05, 0) is 42.5 Å². The van der Waals surface area contributed by atoms with Crippen LogP contribution in [0.5, 0.6) is 5.75 Å². The Hall–Kier alpha value is -2.31. The third-order valence-corrected chi connectivity index (χ3v) is 3.95. The molecule has 0 spiro atoms. The second kappa shape index (κ2) is 9.10. The fourth-order valence-electron chi connectivity index (χ4n) is 2.41. The fraction of sp³-hybridized carbons (Fsp3) is 0.294. The number of anilines is 1. The van der Waals surface area contributed by atoms with E-state index in [4.69, 9.17) is 21.1 Å². The number of pyridine rings is 1. The topological polar surface area (TPSA) is 89.3 Å². The molecule has 1 saturated carbocycles. The zero-order valence-electron chi connectivity index (χ0n) is 13.5. The summed E-state index contributed by atoms with van der Waals surface area (Å²) in [6.45, 7) is 0.508. The van der Waals surface area contributed by atoms with Gasteiger partial charge in [-0.25, -0.2) is 10.8 Å². The number of hydrogen-bond donors (Lipinski definition) is 3. The van der Waals surface area contributed by atoms with E-state index >= 15 is 0 Å². The predicted octanol–water partition coefficient (Wildman–Crippen LogP) is 2.84. The lowest BCUT2D eigenvalue weighted by molar-refractivity contribution is -0.109. The van der Waals surface area contributed by atoms with Crippen LogP contribution in [0.4, 0.5) is 5.69 Å². The Balaban J connectivity index is 0.000000471. The molecule has 4 N–H and O–H groups in total. The lowest BCUT2D eigenvalue weighted by Crippen LogP contribution is -2.18. The van der Waals surface area contributed by atoms with Crippen LogP contribution in [0.15, 0.2) is 36.5 Å². The van der Waals surface area contributed by atoms with Crippen LogP contribution in [0.2, 0.25) is 5.15 Å². The summed E-state index contributed by atoms with van der Waals surface area (Å²) < 4.78 is 5.85. The maximum absolute atomic E-state index is 8.94. The molecule has 0 radical (unpaired) electrons. The van der Waals surface area contributed by atoms with E-state index in [1.54, 1.807) is 11.6 Å². The van der Waals surface area contributed by atoms with Crippen molar-refractivity contribution < 1.29 is 9.53 Å². The number of halogens is 1. The molecule has 3 rings (SSSR count). The van der Waals surface area contributed by atoms with Crippen LogP contribution in [-0.4, -0.2) is 18.4 Å². The molecule has 2 aromatic rings. The summed E-state index contributed by atoms with van der Waals surface area (Å²) in [7, 11) is 1.94. The number of amides is 1. The highest BCUT2D eigenvalue weighted by molar-refractivity contribution is 6.30. The maximum Gasteiger partial charge on any atom is 0.221 e. The van der Waals surface area contributed by atoms with Crippen LogP contribution in [0.1, 0.15) is 29.9 Å². The van der Waals surface area contributed by atoms with Gasteiger partial charge in [0, 0.05) is 24.5 Å². The van der Waals surface area contributed by atoms with Crippen molar-refractivity contribution in [1.29, 1.82) is 0 Å². The van der Waals surface area contributed by atoms with Gasteiger partial charge in [-0.15, -0.1) is 0 Å². The summed E-state index contributed by atoms with van der Waals surface area (Å²) in [6, 6.07) is 10.0. The summed E-state index contributed by atoms with van der Waals surface area (Å²) in [5, 5.41) is 3.65. The average molecular weight is 349 g/mol. The Kier molecular flexibility index (Phi) is 6.84. The Morgan fingerprint density at radius 2 is 2.12 bits per heavy atom. The monoisotopic (exact) mass is 348 g/mol. The summed E-state index contributed by atoms with van der Waals surface area (Å²) in [4.78, 5) is 13.0. The van der Waals surface area contributed by atoms with E-state index in [-0.39, 0.29) is 0 Å². The van der Waals surface area contributed by atoms with Gasteiger partial charge >= 0.3 is 0 Å². The van der Waals surface area contributed by atoms with Crippen LogP contribution in [0.3, 0.4) is 0 Å². The summed E-state index contributed by atoms with van der Waals surface area (Å²) in [6.07, 6.45) is 4.61. The van der Waals surface area contributed by atoms with Gasteiger partial charge in [0.2, 0.25) is 6.41 Å². The van der Waals surface area contributed by atoms with E-state index in [0.717, 1.165) is 5.69 Å². The quantitative estimate of drug-likeness (QED) is 0.245. The third kappa shape index (κ3) is 4.84. The van der Waals surface area contributed by atoms with Gasteiger partial charge in [-0.3, -0.25) is 10.2 Å². The Morgan fingerprint density at radius 1 is 1.38 bits per heavy atom. The van der Waals surface area contributed by atoms with Crippen LogP contribution in [0, 0.1) is 0 Å². The van der Waals surface area contributed by atoms with Crippen molar-refractivity contribution in [1.82, 2.24) is 10.4 Å². The van der Waals surface area contributed by atoms with Crippen molar-refractivity contribution in [2.75, 3.05) is 12.4 Å². The minimum atomic E-state index is 0.403. The fourth-order valence-corrected chi connectivity index (χ4v) is 2.58. The molecule has 1 aromatic carbocycles. The molecular formula is C17H21ClN4O2. The normalized spacial score (nSPS) is 12.6. The molecule has 0 saturated heterocycles. The first-order valence-electron chi connectivity index (χ1n) is 7.63. The number of hydrogen-bond acceptors (Lipinski definition) is 5. The first-order chi connectivity index (χ1) is 11.7. The van der Waals surface area contributed by atoms with Gasteiger partial charge in [-0.2, -0.15) is 0 Å². The second-order valence-electron chi connectivity index (χ2n) is 5.26. The zero-order valence-corrected chi connectivity index (χ0v) is 14.2. The highest BCUT2D eigenvalue weighted by Crippen LogP contribution is 2.43. The van der Waals surface area contributed by atoms with E-state index in [9.17, 15) is 0 Å². The Morgan fingerprint density at radius 3 is 2.71 bits per heavy atom. The number of rotatable bonds is 6. The van der Waals surface area contributed by atoms with E-state index in [1.807, 2.05) is 19.2 Å². The molecule has 1 heterocycles. The van der Waals surface area contributed by atoms with E-state index in [0.29, 0.717) is 29.8 Å². The van der Waals surface area contributed by atoms with Crippen LogP contribution >= 0.6 is 11.6 Å². The second-order valence-corrected chi connectivity index (χ2v) is 5.62. The van der Waals surface area contributed by atoms with Gasteiger partial charge in [0.05, 0.1) is 0 Å². The number of nitrogens with one attached hydrogen (secondary N) is 2. The molecule has 1 fully saturated rings. The maximum atomic E-state index is 8.94. The zero-order chi connectivity index (χ0) is 17.4. The molecule has 0 bridgehead atoms. The summed E-state index contributed by atoms with van der Waals surface area (Å²) in [5.41, 5.74) is 5.48. The number of nitrogens with zero attached hydrogens (tertiary/aromatic N) is 1. The highest BCUT2D eigenvalue weighted by atomic mass is 35.5. The predicted molar refractivity (Wildman–Crippen MR) is 94.9 cm³/mol. The number of benzene rings is 1. The molecule has 7 heteroatoms. The molecule has 1 aromatic heterocycles. The first kappa shape index (κ1) is 18.0. The number of hydrazine groups is 1. The third-order valence-electron chi connectivity index (χ3n) is 3.66. The molecule has 1 aliphatic rings. The minimum absolute atomic E-state index is 0.403. The number of nitrogens with two attached hydrogens (primary N) is 1. The van der Waals surface area contributed by atoms with Crippen LogP contribution in [-0.2, 0) is 11.4 Å². The smallest absolute Gasteiger partial charge is 0.221 e. The van der Waals surface area contributed by atoms with Gasteiger partial charge in [0.15, 0.2) is 10.9 Å². The first-order valence-corrected chi connectivity index (χ1v) is 8.01. The largest absolute Gasteiger partial charge is 0.486 e. The lowest BCUT2D eigenvalue weighted by atomic mass is 10.0. The van der Waals surface area contributed by atoms with E-state index in [2.05, 4.69) is 34.3 Å². The van der Waals surface area contributed by atoms with Crippen molar-refractivity contribution >= 4 is 23.7 Å². The van der Waals surface area contributed by atoms with Gasteiger partial charge in [-0.1, -0.05) is 23.7 Å². The molecule has 0 unspecified atom stereocenters. The molecule has 24 heavy (non-hydrogen) atoms. The number of aromatic nitrogens is 1. The summed E-state index contributed by atoms with van der Waals surface area (Å²) in [5.74, 6) is 5.72. The molecule has 6 nitrogen and oxygen atoms in total. The van der Waals surface area contributed by atoms with Crippen molar-refractivity contribution in [3.8, 4) is 5.75 Å². The highest BCUT2D eigenvalue weighted by Gasteiger charge is 2.27. The van der Waals surface area contributed by atoms with Crippen molar-refractivity contribution in [3.63, 3.8) is 0 Å². The SMILES string of the molecule is CNc1cccc(C2CC2)c1COc1cccnc1Cl.NNC=O. The van der Waals surface area contributed by atoms with Crippen molar-refractivity contribution in [2.24, 2.45) is 5.84 Å². The summed E-state index contributed by atoms with van der Waals surface area (Å²) >= 11 is 6.03. The molecule has 1 amide bonds.